The molecule has 4 rings (SSSR count). The van der Waals surface area contributed by atoms with Gasteiger partial charge in [-0.15, -0.1) is 0 Å². The van der Waals surface area contributed by atoms with Crippen molar-refractivity contribution in [3.63, 3.8) is 0 Å². The summed E-state index contributed by atoms with van der Waals surface area (Å²) in [4.78, 5) is 12.0. The highest BCUT2D eigenvalue weighted by atomic mass is 127. The number of halogens is 1. The van der Waals surface area contributed by atoms with Crippen LogP contribution in [-0.2, 0) is 20.1 Å². The van der Waals surface area contributed by atoms with E-state index in [2.05, 4.69) is 59.8 Å². The van der Waals surface area contributed by atoms with Gasteiger partial charge in [0.25, 0.3) is 0 Å². The molecule has 2 bridgehead atoms. The number of alkyl halides is 1. The third-order valence-corrected chi connectivity index (χ3v) is 7.38. The monoisotopic (exact) mass is 414 g/mol. The van der Waals surface area contributed by atoms with Gasteiger partial charge in [0, 0.05) is 10.8 Å². The number of fused-ring (bicyclic) bond motifs is 5. The van der Waals surface area contributed by atoms with E-state index in [9.17, 15) is 0 Å². The Morgan fingerprint density at radius 3 is 2.82 bits per heavy atom. The Bertz CT molecular complexity index is 536. The largest absolute Gasteiger partial charge is 0.367 e. The van der Waals surface area contributed by atoms with Crippen LogP contribution < -0.4 is 0 Å². The standard InChI is InChI=1S/C18H23IO3/c1-17(12-19)9-10-20-18(14-5-3-2-4-6-14)15-8-7-13(11-15)16(18)21-22-17/h2-6,13,15-16H,7-12H2,1H3/t13-,15+,16+,17?,18-/m0/s1. The molecule has 1 aromatic rings. The summed E-state index contributed by atoms with van der Waals surface area (Å²) in [5.41, 5.74) is 0.705. The summed E-state index contributed by atoms with van der Waals surface area (Å²) in [5.74, 6) is 1.11. The van der Waals surface area contributed by atoms with Crippen LogP contribution in [0.1, 0.15) is 38.2 Å². The highest BCUT2D eigenvalue weighted by Gasteiger charge is 2.62. The SMILES string of the molecule is CC1(CI)CCO[C@@]2(c3ccccc3)[C@@H]3CC[C@@H](C3)[C@H]2OO1. The van der Waals surface area contributed by atoms with Gasteiger partial charge in [0.2, 0.25) is 0 Å². The molecule has 2 saturated carbocycles. The van der Waals surface area contributed by atoms with Gasteiger partial charge in [-0.1, -0.05) is 52.9 Å². The summed E-state index contributed by atoms with van der Waals surface area (Å²) in [6.45, 7) is 2.85. The van der Waals surface area contributed by atoms with Crippen LogP contribution in [0.4, 0.5) is 0 Å². The molecule has 0 N–H and O–H groups in total. The molecular formula is C18H23IO3. The molecule has 0 aromatic heterocycles. The van der Waals surface area contributed by atoms with Gasteiger partial charge in [0.05, 0.1) is 6.61 Å². The highest BCUT2D eigenvalue weighted by molar-refractivity contribution is 14.1. The molecule has 3 aliphatic rings. The maximum Gasteiger partial charge on any atom is 0.129 e. The predicted molar refractivity (Wildman–Crippen MR) is 92.8 cm³/mol. The molecule has 22 heavy (non-hydrogen) atoms. The Hall–Kier alpha value is -0.170. The first-order valence-electron chi connectivity index (χ1n) is 8.28. The fraction of sp³-hybridized carbons (Fsp3) is 0.667. The van der Waals surface area contributed by atoms with Gasteiger partial charge in [0.15, 0.2) is 0 Å². The fourth-order valence-electron chi connectivity index (χ4n) is 4.53. The van der Waals surface area contributed by atoms with E-state index in [1.165, 1.54) is 24.8 Å². The lowest BCUT2D eigenvalue weighted by molar-refractivity contribution is -0.420. The summed E-state index contributed by atoms with van der Waals surface area (Å²) in [7, 11) is 0. The smallest absolute Gasteiger partial charge is 0.129 e. The first-order valence-corrected chi connectivity index (χ1v) is 9.80. The summed E-state index contributed by atoms with van der Waals surface area (Å²) in [6, 6.07) is 10.7. The molecule has 4 heteroatoms. The molecule has 1 aromatic carbocycles. The van der Waals surface area contributed by atoms with Crippen LogP contribution in [0.15, 0.2) is 30.3 Å². The molecule has 0 amide bonds. The van der Waals surface area contributed by atoms with Crippen LogP contribution in [0.3, 0.4) is 0 Å². The fourth-order valence-corrected chi connectivity index (χ4v) is 5.04. The van der Waals surface area contributed by atoms with E-state index >= 15 is 0 Å². The minimum atomic E-state index is -0.309. The van der Waals surface area contributed by atoms with Crippen molar-refractivity contribution in [1.82, 2.24) is 0 Å². The van der Waals surface area contributed by atoms with Crippen molar-refractivity contribution in [3.8, 4) is 0 Å². The van der Waals surface area contributed by atoms with Crippen LogP contribution in [0.2, 0.25) is 0 Å². The molecule has 1 unspecified atom stereocenters. The van der Waals surface area contributed by atoms with Gasteiger partial charge < -0.3 is 4.74 Å². The molecule has 1 heterocycles. The van der Waals surface area contributed by atoms with Gasteiger partial charge in [-0.2, -0.15) is 0 Å². The van der Waals surface area contributed by atoms with Crippen molar-refractivity contribution in [3.05, 3.63) is 35.9 Å². The first-order chi connectivity index (χ1) is 10.7. The second-order valence-electron chi connectivity index (χ2n) is 7.21. The van der Waals surface area contributed by atoms with Crippen LogP contribution in [-0.4, -0.2) is 22.7 Å². The van der Waals surface area contributed by atoms with Gasteiger partial charge in [-0.25, -0.2) is 9.78 Å². The number of rotatable bonds is 2. The lowest BCUT2D eigenvalue weighted by atomic mass is 9.76. The van der Waals surface area contributed by atoms with Crippen LogP contribution in [0, 0.1) is 11.8 Å². The van der Waals surface area contributed by atoms with E-state index in [1.807, 2.05) is 0 Å². The lowest BCUT2D eigenvalue weighted by Crippen LogP contribution is -2.52. The first kappa shape index (κ1) is 15.4. The number of benzene rings is 1. The van der Waals surface area contributed by atoms with Crippen molar-refractivity contribution in [2.45, 2.75) is 49.9 Å². The third-order valence-electron chi connectivity index (χ3n) is 5.76. The average molecular weight is 414 g/mol. The molecule has 5 atom stereocenters. The number of hydrogen-bond donors (Lipinski definition) is 0. The number of ether oxygens (including phenoxy) is 1. The van der Waals surface area contributed by atoms with Crippen molar-refractivity contribution in [1.29, 1.82) is 0 Å². The summed E-state index contributed by atoms with van der Waals surface area (Å²) in [6.07, 6.45) is 4.57. The van der Waals surface area contributed by atoms with E-state index in [4.69, 9.17) is 14.5 Å². The molecule has 3 fully saturated rings. The van der Waals surface area contributed by atoms with Crippen LogP contribution in [0.25, 0.3) is 0 Å². The number of hydrogen-bond acceptors (Lipinski definition) is 3. The van der Waals surface area contributed by atoms with Crippen LogP contribution in [0.5, 0.6) is 0 Å². The molecule has 0 spiro atoms. The topological polar surface area (TPSA) is 27.7 Å². The Labute approximate surface area is 145 Å². The minimum Gasteiger partial charge on any atom is -0.367 e. The average Bonchev–Trinajstić information content (AvgIpc) is 3.12. The Balaban J connectivity index is 1.71. The maximum atomic E-state index is 6.60. The molecule has 120 valence electrons. The summed E-state index contributed by atoms with van der Waals surface area (Å²) < 4.78 is 7.51. The molecule has 2 aliphatic carbocycles. The van der Waals surface area contributed by atoms with E-state index in [1.54, 1.807) is 0 Å². The zero-order valence-corrected chi connectivity index (χ0v) is 15.1. The lowest BCUT2D eigenvalue weighted by Gasteiger charge is -2.46. The zero-order chi connectivity index (χ0) is 15.2. The second kappa shape index (κ2) is 5.72. The molecular weight excluding hydrogens is 391 g/mol. The van der Waals surface area contributed by atoms with Crippen molar-refractivity contribution in [2.24, 2.45) is 11.8 Å². The normalized spacial score (nSPS) is 44.4. The molecule has 3 nitrogen and oxygen atoms in total. The Morgan fingerprint density at radius 2 is 2.05 bits per heavy atom. The Kier molecular flexibility index (Phi) is 4.00. The quantitative estimate of drug-likeness (QED) is 0.412. The van der Waals surface area contributed by atoms with Crippen molar-refractivity contribution < 1.29 is 14.5 Å². The van der Waals surface area contributed by atoms with Gasteiger partial charge in [-0.05, 0) is 43.6 Å². The maximum absolute atomic E-state index is 6.60. The van der Waals surface area contributed by atoms with Crippen molar-refractivity contribution in [2.75, 3.05) is 11.0 Å². The zero-order valence-electron chi connectivity index (χ0n) is 13.0. The van der Waals surface area contributed by atoms with Gasteiger partial charge >= 0.3 is 0 Å². The molecule has 1 aliphatic heterocycles. The second-order valence-corrected chi connectivity index (χ2v) is 7.97. The third kappa shape index (κ3) is 2.26. The van der Waals surface area contributed by atoms with E-state index in [0.29, 0.717) is 11.8 Å². The van der Waals surface area contributed by atoms with E-state index in [-0.39, 0.29) is 17.3 Å². The van der Waals surface area contributed by atoms with Gasteiger partial charge in [0.1, 0.15) is 17.3 Å². The Morgan fingerprint density at radius 1 is 1.23 bits per heavy atom. The minimum absolute atomic E-state index is 0.0243. The van der Waals surface area contributed by atoms with Crippen LogP contribution >= 0.6 is 22.6 Å². The van der Waals surface area contributed by atoms with Crippen molar-refractivity contribution >= 4 is 22.6 Å². The van der Waals surface area contributed by atoms with E-state index in [0.717, 1.165) is 17.5 Å². The summed E-state index contributed by atoms with van der Waals surface area (Å²) in [5, 5.41) is 0. The predicted octanol–water partition coefficient (Wildman–Crippen LogP) is 4.24. The summed E-state index contributed by atoms with van der Waals surface area (Å²) >= 11 is 2.37. The molecule has 1 saturated heterocycles. The van der Waals surface area contributed by atoms with Gasteiger partial charge in [-0.3, -0.25) is 0 Å². The molecule has 0 radical (unpaired) electrons. The highest BCUT2D eigenvalue weighted by Crippen LogP contribution is 2.59. The van der Waals surface area contributed by atoms with E-state index < -0.39 is 0 Å².